The van der Waals surface area contributed by atoms with Crippen LogP contribution in [0, 0.1) is 0 Å². The van der Waals surface area contributed by atoms with E-state index in [1.165, 1.54) is 5.56 Å². The molecule has 3 rings (SSSR count). The van der Waals surface area contributed by atoms with E-state index in [2.05, 4.69) is 35.2 Å². The summed E-state index contributed by atoms with van der Waals surface area (Å²) in [6.07, 6.45) is 4.30. The zero-order chi connectivity index (χ0) is 13.4. The Labute approximate surface area is 111 Å². The van der Waals surface area contributed by atoms with E-state index in [9.17, 15) is 0 Å². The van der Waals surface area contributed by atoms with Gasteiger partial charge in [0.25, 0.3) is 0 Å². The maximum absolute atomic E-state index is 5.40. The Morgan fingerprint density at radius 3 is 2.84 bits per heavy atom. The maximum atomic E-state index is 5.40. The van der Waals surface area contributed by atoms with Crippen LogP contribution >= 0.6 is 0 Å². The van der Waals surface area contributed by atoms with E-state index >= 15 is 0 Å². The number of aromatic nitrogens is 4. The Bertz CT molecular complexity index is 711. The predicted molar refractivity (Wildman–Crippen MR) is 72.4 cm³/mol. The average Bonchev–Trinajstić information content (AvgIpc) is 3.06. The van der Waals surface area contributed by atoms with E-state index in [0.29, 0.717) is 5.92 Å². The average molecular weight is 256 g/mol. The molecule has 0 bridgehead atoms. The van der Waals surface area contributed by atoms with E-state index in [-0.39, 0.29) is 0 Å². The highest BCUT2D eigenvalue weighted by molar-refractivity contribution is 5.87. The first-order valence-electron chi connectivity index (χ1n) is 6.49. The zero-order valence-corrected chi connectivity index (χ0v) is 11.3. The molecule has 0 radical (unpaired) electrons. The monoisotopic (exact) mass is 256 g/mol. The molecule has 5 nitrogen and oxygen atoms in total. The Kier molecular flexibility index (Phi) is 2.81. The van der Waals surface area contributed by atoms with Gasteiger partial charge in [0.15, 0.2) is 11.4 Å². The first-order chi connectivity index (χ1) is 9.20. The van der Waals surface area contributed by atoms with E-state index in [4.69, 9.17) is 4.52 Å². The van der Waals surface area contributed by atoms with Gasteiger partial charge in [-0.2, -0.15) is 5.10 Å². The van der Waals surface area contributed by atoms with Crippen LogP contribution in [0.15, 0.2) is 29.2 Å². The van der Waals surface area contributed by atoms with E-state index in [1.807, 2.05) is 13.0 Å². The second-order valence-electron chi connectivity index (χ2n) is 4.86. The van der Waals surface area contributed by atoms with E-state index in [0.717, 1.165) is 28.9 Å². The summed E-state index contributed by atoms with van der Waals surface area (Å²) in [6.45, 7) is 6.35. The molecule has 0 aliphatic heterocycles. The lowest BCUT2D eigenvalue weighted by atomic mass is 9.99. The van der Waals surface area contributed by atoms with Gasteiger partial charge in [-0.3, -0.25) is 0 Å². The van der Waals surface area contributed by atoms with Gasteiger partial charge in [-0.1, -0.05) is 32.0 Å². The first-order valence-corrected chi connectivity index (χ1v) is 6.49. The summed E-state index contributed by atoms with van der Waals surface area (Å²) in [7, 11) is 0. The molecule has 0 aliphatic rings. The van der Waals surface area contributed by atoms with Crippen LogP contribution in [0.5, 0.6) is 0 Å². The van der Waals surface area contributed by atoms with Crippen LogP contribution in [0.25, 0.3) is 16.7 Å². The molecule has 2 aromatic heterocycles. The fraction of sp³-hybridized carbons (Fsp3) is 0.357. The minimum atomic E-state index is 0.429. The molecule has 0 saturated heterocycles. The molecule has 0 amide bonds. The van der Waals surface area contributed by atoms with Crippen molar-refractivity contribution in [1.82, 2.24) is 19.9 Å². The summed E-state index contributed by atoms with van der Waals surface area (Å²) < 4.78 is 7.15. The number of rotatable bonds is 3. The highest BCUT2D eigenvalue weighted by atomic mass is 16.5. The summed E-state index contributed by atoms with van der Waals surface area (Å²) >= 11 is 0. The standard InChI is InChI=1S/C14H16N4O/c1-4-13-15-8-18(17-13)12-6-5-10(9(2)3)11-7-16-19-14(11)12/h5-9H,4H2,1-3H3. The van der Waals surface area contributed by atoms with Crippen molar-refractivity contribution in [1.29, 1.82) is 0 Å². The lowest BCUT2D eigenvalue weighted by Crippen LogP contribution is -1.98. The quantitative estimate of drug-likeness (QED) is 0.722. The molecule has 3 aromatic rings. The number of hydrogen-bond acceptors (Lipinski definition) is 4. The van der Waals surface area contributed by atoms with Crippen molar-refractivity contribution < 1.29 is 4.52 Å². The third-order valence-electron chi connectivity index (χ3n) is 3.26. The van der Waals surface area contributed by atoms with Crippen LogP contribution < -0.4 is 0 Å². The minimum absolute atomic E-state index is 0.429. The maximum Gasteiger partial charge on any atom is 0.192 e. The van der Waals surface area contributed by atoms with Crippen molar-refractivity contribution in [2.75, 3.05) is 0 Å². The van der Waals surface area contributed by atoms with Crippen molar-refractivity contribution in [2.45, 2.75) is 33.1 Å². The summed E-state index contributed by atoms with van der Waals surface area (Å²) in [6, 6.07) is 4.11. The Morgan fingerprint density at radius 2 is 2.16 bits per heavy atom. The Hall–Kier alpha value is -2.17. The molecular weight excluding hydrogens is 240 g/mol. The molecule has 0 atom stereocenters. The van der Waals surface area contributed by atoms with Crippen molar-refractivity contribution >= 4 is 11.0 Å². The molecule has 0 aliphatic carbocycles. The predicted octanol–water partition coefficient (Wildman–Crippen LogP) is 3.09. The fourth-order valence-electron chi connectivity index (χ4n) is 2.22. The Morgan fingerprint density at radius 1 is 1.32 bits per heavy atom. The van der Waals surface area contributed by atoms with Crippen LogP contribution in [0.4, 0.5) is 0 Å². The fourth-order valence-corrected chi connectivity index (χ4v) is 2.22. The van der Waals surface area contributed by atoms with Gasteiger partial charge in [0, 0.05) is 11.8 Å². The van der Waals surface area contributed by atoms with Crippen LogP contribution in [0.3, 0.4) is 0 Å². The molecule has 0 N–H and O–H groups in total. The van der Waals surface area contributed by atoms with Crippen molar-refractivity contribution in [3.8, 4) is 5.69 Å². The zero-order valence-electron chi connectivity index (χ0n) is 11.3. The lowest BCUT2D eigenvalue weighted by molar-refractivity contribution is 0.454. The number of nitrogens with zero attached hydrogens (tertiary/aromatic N) is 4. The summed E-state index contributed by atoms with van der Waals surface area (Å²) in [5.74, 6) is 1.25. The van der Waals surface area contributed by atoms with E-state index in [1.54, 1.807) is 17.2 Å². The third-order valence-corrected chi connectivity index (χ3v) is 3.26. The molecule has 2 heterocycles. The number of fused-ring (bicyclic) bond motifs is 1. The highest BCUT2D eigenvalue weighted by Gasteiger charge is 2.14. The number of benzene rings is 1. The van der Waals surface area contributed by atoms with Crippen LogP contribution in [-0.2, 0) is 6.42 Å². The molecule has 0 saturated carbocycles. The van der Waals surface area contributed by atoms with Gasteiger partial charge in [0.05, 0.1) is 6.20 Å². The Balaban J connectivity index is 2.20. The topological polar surface area (TPSA) is 56.7 Å². The molecule has 5 heteroatoms. The van der Waals surface area contributed by atoms with Crippen molar-refractivity contribution in [3.05, 3.63) is 36.0 Å². The van der Waals surface area contributed by atoms with Crippen LogP contribution in [0.2, 0.25) is 0 Å². The molecule has 98 valence electrons. The normalized spacial score (nSPS) is 11.6. The van der Waals surface area contributed by atoms with Crippen molar-refractivity contribution in [3.63, 3.8) is 0 Å². The van der Waals surface area contributed by atoms with Crippen LogP contribution in [0.1, 0.15) is 38.1 Å². The molecule has 0 unspecified atom stereocenters. The van der Waals surface area contributed by atoms with Gasteiger partial charge in [-0.25, -0.2) is 9.67 Å². The SMILES string of the molecule is CCc1ncn(-c2ccc(C(C)C)c3cnoc23)n1. The van der Waals surface area contributed by atoms with Crippen LogP contribution in [-0.4, -0.2) is 19.9 Å². The number of hydrogen-bond donors (Lipinski definition) is 0. The smallest absolute Gasteiger partial charge is 0.192 e. The summed E-state index contributed by atoms with van der Waals surface area (Å²) in [5, 5.41) is 9.38. The van der Waals surface area contributed by atoms with E-state index < -0.39 is 0 Å². The minimum Gasteiger partial charge on any atom is -0.354 e. The highest BCUT2D eigenvalue weighted by Crippen LogP contribution is 2.29. The largest absolute Gasteiger partial charge is 0.354 e. The summed E-state index contributed by atoms with van der Waals surface area (Å²) in [5.41, 5.74) is 2.87. The molecule has 1 aromatic carbocycles. The summed E-state index contributed by atoms with van der Waals surface area (Å²) in [4.78, 5) is 4.25. The van der Waals surface area contributed by atoms with Gasteiger partial charge >= 0.3 is 0 Å². The lowest BCUT2D eigenvalue weighted by Gasteiger charge is -2.08. The third kappa shape index (κ3) is 1.91. The molecular formula is C14H16N4O. The van der Waals surface area contributed by atoms with Gasteiger partial charge in [0.2, 0.25) is 0 Å². The second kappa shape index (κ2) is 4.50. The van der Waals surface area contributed by atoms with Gasteiger partial charge in [0.1, 0.15) is 12.0 Å². The molecule has 0 fully saturated rings. The first kappa shape index (κ1) is 11.9. The number of aryl methyl sites for hydroxylation is 1. The van der Waals surface area contributed by atoms with Gasteiger partial charge < -0.3 is 4.52 Å². The molecule has 19 heavy (non-hydrogen) atoms. The second-order valence-corrected chi connectivity index (χ2v) is 4.86. The van der Waals surface area contributed by atoms with Gasteiger partial charge in [-0.15, -0.1) is 0 Å². The van der Waals surface area contributed by atoms with Crippen molar-refractivity contribution in [2.24, 2.45) is 0 Å². The van der Waals surface area contributed by atoms with Gasteiger partial charge in [-0.05, 0) is 17.5 Å². The molecule has 0 spiro atoms.